The van der Waals surface area contributed by atoms with E-state index in [2.05, 4.69) is 42.6 Å². The zero-order valence-corrected chi connectivity index (χ0v) is 13.6. The average molecular weight is 288 g/mol. The topological polar surface area (TPSA) is 21.1 Å². The van der Waals surface area contributed by atoms with Crippen molar-refractivity contribution < 1.29 is 10.2 Å². The van der Waals surface area contributed by atoms with E-state index in [4.69, 9.17) is 0 Å². The van der Waals surface area contributed by atoms with Crippen LogP contribution < -0.4 is 10.2 Å². The third-order valence-electron chi connectivity index (χ3n) is 5.73. The molecule has 0 unspecified atom stereocenters. The minimum atomic E-state index is 0.898. The lowest BCUT2D eigenvalue weighted by atomic mass is 9.85. The monoisotopic (exact) mass is 288 g/mol. The molecule has 2 heteroatoms. The summed E-state index contributed by atoms with van der Waals surface area (Å²) < 4.78 is 0. The first-order valence-corrected chi connectivity index (χ1v) is 9.04. The maximum atomic E-state index is 2.75. The second kappa shape index (κ2) is 7.42. The minimum Gasteiger partial charge on any atom is -0.341 e. The van der Waals surface area contributed by atoms with Gasteiger partial charge in [0.15, 0.2) is 0 Å². The fraction of sp³-hybridized carbons (Fsp3) is 0.684. The molecule has 1 aliphatic heterocycles. The Morgan fingerprint density at radius 3 is 2.43 bits per heavy atom. The lowest BCUT2D eigenvalue weighted by Crippen LogP contribution is -3.14. The molecule has 1 heterocycles. The summed E-state index contributed by atoms with van der Waals surface area (Å²) in [6.45, 7) is 6.40. The smallest absolute Gasteiger partial charge is 0.103 e. The number of quaternary nitrogens is 2. The number of nitrogens with two attached hydrogens (primary N) is 1. The second-order valence-electron chi connectivity index (χ2n) is 7.37. The lowest BCUT2D eigenvalue weighted by molar-refractivity contribution is -0.927. The molecule has 2 aliphatic rings. The molecule has 1 saturated heterocycles. The molecule has 21 heavy (non-hydrogen) atoms. The number of rotatable bonds is 4. The van der Waals surface area contributed by atoms with Crippen LogP contribution in [-0.2, 0) is 6.54 Å². The summed E-state index contributed by atoms with van der Waals surface area (Å²) in [5.41, 5.74) is 1.50. The summed E-state index contributed by atoms with van der Waals surface area (Å²) in [6.07, 6.45) is 8.66. The molecular formula is C19H32N2+2. The highest BCUT2D eigenvalue weighted by molar-refractivity contribution is 5.13. The van der Waals surface area contributed by atoms with E-state index in [-0.39, 0.29) is 0 Å². The van der Waals surface area contributed by atoms with Gasteiger partial charge >= 0.3 is 0 Å². The molecule has 2 atom stereocenters. The van der Waals surface area contributed by atoms with Gasteiger partial charge in [-0.3, -0.25) is 0 Å². The number of hydrogen-bond donors (Lipinski definition) is 2. The molecule has 3 N–H and O–H groups in total. The maximum Gasteiger partial charge on any atom is 0.103 e. The van der Waals surface area contributed by atoms with E-state index in [9.17, 15) is 0 Å². The number of hydrogen-bond acceptors (Lipinski definition) is 0. The van der Waals surface area contributed by atoms with Crippen molar-refractivity contribution >= 4 is 0 Å². The van der Waals surface area contributed by atoms with E-state index in [1.54, 1.807) is 4.90 Å². The molecule has 1 aromatic carbocycles. The first-order chi connectivity index (χ1) is 10.3. The molecule has 116 valence electrons. The molecule has 3 rings (SSSR count). The Morgan fingerprint density at radius 2 is 1.71 bits per heavy atom. The van der Waals surface area contributed by atoms with Crippen molar-refractivity contribution in [2.75, 3.05) is 13.1 Å². The van der Waals surface area contributed by atoms with Crippen molar-refractivity contribution in [3.63, 3.8) is 0 Å². The highest BCUT2D eigenvalue weighted by Crippen LogP contribution is 2.21. The van der Waals surface area contributed by atoms with E-state index in [1.165, 1.54) is 63.7 Å². The molecule has 0 amide bonds. The summed E-state index contributed by atoms with van der Waals surface area (Å²) in [5.74, 6) is 0.938. The third-order valence-corrected chi connectivity index (χ3v) is 5.73. The molecule has 2 nitrogen and oxygen atoms in total. The van der Waals surface area contributed by atoms with Gasteiger partial charge in [-0.05, 0) is 19.3 Å². The standard InChI is InChI=1S/C19H30N2/c1-16-7-5-6-10-19(16)20-18-11-13-21(14-12-18)15-17-8-3-2-4-9-17/h2-4,8-9,16,18-20H,5-7,10-15H2,1H3/p+2/t16-,19-/m1/s1. The van der Waals surface area contributed by atoms with E-state index < -0.39 is 0 Å². The molecule has 1 aromatic rings. The average Bonchev–Trinajstić information content (AvgIpc) is 2.52. The molecular weight excluding hydrogens is 256 g/mol. The first kappa shape index (κ1) is 15.1. The van der Waals surface area contributed by atoms with Crippen LogP contribution in [-0.4, -0.2) is 25.2 Å². The van der Waals surface area contributed by atoms with Crippen LogP contribution in [0.4, 0.5) is 0 Å². The SMILES string of the molecule is C[C@@H]1CCCC[C@H]1[NH2+]C1CC[NH+](Cc2ccccc2)CC1. The molecule has 0 spiro atoms. The predicted molar refractivity (Wildman–Crippen MR) is 87.2 cm³/mol. The number of nitrogens with one attached hydrogen (secondary N) is 1. The number of benzene rings is 1. The van der Waals surface area contributed by atoms with Crippen LogP contribution in [0.15, 0.2) is 30.3 Å². The Kier molecular flexibility index (Phi) is 5.32. The van der Waals surface area contributed by atoms with Crippen LogP contribution >= 0.6 is 0 Å². The maximum absolute atomic E-state index is 2.75. The zero-order chi connectivity index (χ0) is 14.5. The van der Waals surface area contributed by atoms with E-state index in [1.807, 2.05) is 0 Å². The van der Waals surface area contributed by atoms with Gasteiger partial charge in [0.2, 0.25) is 0 Å². The van der Waals surface area contributed by atoms with E-state index in [0.29, 0.717) is 0 Å². The molecule has 0 aromatic heterocycles. The Labute approximate surface area is 129 Å². The van der Waals surface area contributed by atoms with Gasteiger partial charge in [-0.15, -0.1) is 0 Å². The van der Waals surface area contributed by atoms with Gasteiger partial charge in [0.25, 0.3) is 0 Å². The first-order valence-electron chi connectivity index (χ1n) is 9.04. The molecule has 2 fully saturated rings. The number of likely N-dealkylation sites (tertiary alicyclic amines) is 1. The largest absolute Gasteiger partial charge is 0.341 e. The van der Waals surface area contributed by atoms with Crippen molar-refractivity contribution in [2.24, 2.45) is 5.92 Å². The van der Waals surface area contributed by atoms with Gasteiger partial charge in [0.1, 0.15) is 6.54 Å². The second-order valence-corrected chi connectivity index (χ2v) is 7.37. The van der Waals surface area contributed by atoms with Gasteiger partial charge in [0.05, 0.1) is 25.2 Å². The summed E-state index contributed by atoms with van der Waals surface area (Å²) in [7, 11) is 0. The van der Waals surface area contributed by atoms with Crippen LogP contribution in [0.25, 0.3) is 0 Å². The van der Waals surface area contributed by atoms with E-state index >= 15 is 0 Å². The Bertz CT molecular complexity index is 409. The summed E-state index contributed by atoms with van der Waals surface area (Å²) in [5, 5.41) is 2.75. The van der Waals surface area contributed by atoms with Crippen LogP contribution in [0.1, 0.15) is 51.0 Å². The van der Waals surface area contributed by atoms with E-state index in [0.717, 1.165) is 18.0 Å². The van der Waals surface area contributed by atoms with Crippen LogP contribution in [0, 0.1) is 5.92 Å². The molecule has 1 aliphatic carbocycles. The summed E-state index contributed by atoms with van der Waals surface area (Å²) in [4.78, 5) is 1.78. The summed E-state index contributed by atoms with van der Waals surface area (Å²) >= 11 is 0. The van der Waals surface area contributed by atoms with Crippen molar-refractivity contribution in [3.05, 3.63) is 35.9 Å². The van der Waals surface area contributed by atoms with Gasteiger partial charge < -0.3 is 10.2 Å². The van der Waals surface area contributed by atoms with Gasteiger partial charge in [-0.1, -0.05) is 43.7 Å². The van der Waals surface area contributed by atoms with Crippen molar-refractivity contribution in [2.45, 2.75) is 64.1 Å². The summed E-state index contributed by atoms with van der Waals surface area (Å²) in [6, 6.07) is 12.8. The number of piperidine rings is 1. The van der Waals surface area contributed by atoms with Crippen LogP contribution in [0.3, 0.4) is 0 Å². The third kappa shape index (κ3) is 4.31. The fourth-order valence-electron chi connectivity index (χ4n) is 4.28. The van der Waals surface area contributed by atoms with Crippen LogP contribution in [0.2, 0.25) is 0 Å². The van der Waals surface area contributed by atoms with Gasteiger partial charge in [0, 0.05) is 24.3 Å². The molecule has 0 radical (unpaired) electrons. The molecule has 0 bridgehead atoms. The fourth-order valence-corrected chi connectivity index (χ4v) is 4.28. The highest BCUT2D eigenvalue weighted by atomic mass is 15.1. The highest BCUT2D eigenvalue weighted by Gasteiger charge is 2.30. The van der Waals surface area contributed by atoms with Gasteiger partial charge in [-0.2, -0.15) is 0 Å². The predicted octanol–water partition coefficient (Wildman–Crippen LogP) is 1.38. The normalized spacial score (nSPS) is 33.8. The zero-order valence-electron chi connectivity index (χ0n) is 13.6. The van der Waals surface area contributed by atoms with Gasteiger partial charge in [-0.25, -0.2) is 0 Å². The van der Waals surface area contributed by atoms with Crippen LogP contribution in [0.5, 0.6) is 0 Å². The quantitative estimate of drug-likeness (QED) is 0.835. The Morgan fingerprint density at radius 1 is 1.00 bits per heavy atom. The minimum absolute atomic E-state index is 0.898. The Hall–Kier alpha value is -0.860. The Balaban J connectivity index is 1.42. The van der Waals surface area contributed by atoms with Crippen molar-refractivity contribution in [1.29, 1.82) is 0 Å². The van der Waals surface area contributed by atoms with Crippen molar-refractivity contribution in [1.82, 2.24) is 0 Å². The van der Waals surface area contributed by atoms with Crippen molar-refractivity contribution in [3.8, 4) is 0 Å². The lowest BCUT2D eigenvalue weighted by Gasteiger charge is -2.33. The molecule has 1 saturated carbocycles.